The molecule has 0 saturated carbocycles. The molecule has 5 N–H and O–H groups in total. The maximum Gasteiger partial charge on any atom is 0.472 e. The molecule has 0 fully saturated rings. The van der Waals surface area contributed by atoms with E-state index in [1.165, 1.54) is 154 Å². The molecule has 3 unspecified atom stereocenters. The fourth-order valence-corrected chi connectivity index (χ4v) is 7.25. The molecule has 0 rings (SSSR count). The van der Waals surface area contributed by atoms with Gasteiger partial charge in [-0.3, -0.25) is 13.8 Å². The summed E-state index contributed by atoms with van der Waals surface area (Å²) in [4.78, 5) is 22.6. The van der Waals surface area contributed by atoms with Crippen molar-refractivity contribution in [2.24, 2.45) is 5.73 Å². The Balaban J connectivity index is 4.10. The lowest BCUT2D eigenvalue weighted by Crippen LogP contribution is -2.46. The van der Waals surface area contributed by atoms with Gasteiger partial charge >= 0.3 is 7.82 Å². The van der Waals surface area contributed by atoms with Crippen molar-refractivity contribution < 1.29 is 28.4 Å². The molecule has 0 aliphatic heterocycles. The summed E-state index contributed by atoms with van der Waals surface area (Å²) in [6.45, 7) is 4.22. The number of aliphatic hydroxyl groups is 1. The van der Waals surface area contributed by atoms with E-state index in [4.69, 9.17) is 14.8 Å². The highest BCUT2D eigenvalue weighted by Crippen LogP contribution is 2.43. The van der Waals surface area contributed by atoms with Crippen LogP contribution in [0.15, 0.2) is 0 Å². The smallest absolute Gasteiger partial charge is 0.391 e. The SMILES string of the molecule is CCCCCCCCCCCCCCCCCCCCCC(O)C(COP(=O)(O)OCCN)NC(=O)CCCCCCCCCCCCC. The number of aliphatic hydroxyl groups excluding tert-OH is 1. The molecular formula is C40H83N2O6P. The summed E-state index contributed by atoms with van der Waals surface area (Å²) in [6.07, 6.45) is 38.2. The highest BCUT2D eigenvalue weighted by molar-refractivity contribution is 7.47. The van der Waals surface area contributed by atoms with Gasteiger partial charge < -0.3 is 21.1 Å². The van der Waals surface area contributed by atoms with Crippen molar-refractivity contribution in [1.29, 1.82) is 0 Å². The van der Waals surface area contributed by atoms with Gasteiger partial charge in [0.15, 0.2) is 0 Å². The van der Waals surface area contributed by atoms with Crippen LogP contribution in [0.1, 0.15) is 219 Å². The second-order valence-electron chi connectivity index (χ2n) is 14.6. The van der Waals surface area contributed by atoms with Crippen molar-refractivity contribution in [3.8, 4) is 0 Å². The van der Waals surface area contributed by atoms with Crippen molar-refractivity contribution in [3.05, 3.63) is 0 Å². The molecule has 0 aliphatic rings. The minimum atomic E-state index is -4.30. The van der Waals surface area contributed by atoms with E-state index in [1.807, 2.05) is 0 Å². The predicted molar refractivity (Wildman–Crippen MR) is 208 cm³/mol. The minimum Gasteiger partial charge on any atom is -0.391 e. The third kappa shape index (κ3) is 35.7. The molecule has 0 saturated heterocycles. The van der Waals surface area contributed by atoms with Gasteiger partial charge in [-0.25, -0.2) is 4.57 Å². The molecule has 294 valence electrons. The summed E-state index contributed by atoms with van der Waals surface area (Å²) in [5.41, 5.74) is 5.37. The maximum atomic E-state index is 12.7. The molecule has 0 aromatic carbocycles. The van der Waals surface area contributed by atoms with Crippen molar-refractivity contribution in [1.82, 2.24) is 5.32 Å². The number of hydrogen-bond donors (Lipinski definition) is 4. The van der Waals surface area contributed by atoms with Crippen LogP contribution in [0.4, 0.5) is 0 Å². The number of nitrogens with two attached hydrogens (primary N) is 1. The summed E-state index contributed by atoms with van der Waals surface area (Å²) in [6, 6.07) is -0.766. The normalized spacial score (nSPS) is 14.1. The molecule has 0 spiro atoms. The number of carbonyl (C=O) groups excluding carboxylic acids is 1. The van der Waals surface area contributed by atoms with Crippen molar-refractivity contribution >= 4 is 13.7 Å². The van der Waals surface area contributed by atoms with E-state index < -0.39 is 20.0 Å². The molecule has 0 aromatic rings. The summed E-state index contributed by atoms with van der Waals surface area (Å²) in [5, 5.41) is 13.8. The number of rotatable bonds is 40. The van der Waals surface area contributed by atoms with Gasteiger partial charge in [-0.1, -0.05) is 200 Å². The molecule has 0 heterocycles. The Bertz CT molecular complexity index is 744. The standard InChI is InChI=1S/C40H83N2O6P/c1-3-5-7-9-11-13-15-16-17-18-19-20-21-22-24-25-27-29-31-33-39(43)38(37-48-49(45,46)47-36-35-41)42-40(44)34-32-30-28-26-23-14-12-10-8-6-4-2/h38-39,43H,3-37,41H2,1-2H3,(H,42,44)(H,45,46). The monoisotopic (exact) mass is 719 g/mol. The maximum absolute atomic E-state index is 12.7. The first-order valence-corrected chi connectivity index (χ1v) is 22.6. The average molecular weight is 719 g/mol. The molecule has 8 nitrogen and oxygen atoms in total. The number of unbranched alkanes of at least 4 members (excludes halogenated alkanes) is 28. The van der Waals surface area contributed by atoms with E-state index in [-0.39, 0.29) is 25.7 Å². The van der Waals surface area contributed by atoms with E-state index in [1.54, 1.807) is 0 Å². The molecule has 0 radical (unpaired) electrons. The zero-order chi connectivity index (χ0) is 36.1. The lowest BCUT2D eigenvalue weighted by atomic mass is 10.0. The molecular weight excluding hydrogens is 635 g/mol. The first-order chi connectivity index (χ1) is 23.9. The van der Waals surface area contributed by atoms with Gasteiger partial charge in [-0.2, -0.15) is 0 Å². The number of amides is 1. The van der Waals surface area contributed by atoms with Gasteiger partial charge in [0.25, 0.3) is 0 Å². The summed E-state index contributed by atoms with van der Waals surface area (Å²) < 4.78 is 22.1. The first kappa shape index (κ1) is 48.5. The quantitative estimate of drug-likeness (QED) is 0.0366. The zero-order valence-electron chi connectivity index (χ0n) is 32.5. The Morgan fingerprint density at radius 1 is 0.592 bits per heavy atom. The zero-order valence-corrected chi connectivity index (χ0v) is 33.3. The van der Waals surface area contributed by atoms with Crippen LogP contribution in [0.25, 0.3) is 0 Å². The first-order valence-electron chi connectivity index (χ1n) is 21.2. The van der Waals surface area contributed by atoms with Crippen LogP contribution in [0.2, 0.25) is 0 Å². The minimum absolute atomic E-state index is 0.0923. The Kier molecular flexibility index (Phi) is 36.9. The number of phosphoric ester groups is 1. The van der Waals surface area contributed by atoms with Crippen LogP contribution in [-0.4, -0.2) is 47.8 Å². The topological polar surface area (TPSA) is 131 Å². The lowest BCUT2D eigenvalue weighted by molar-refractivity contribution is -0.123. The lowest BCUT2D eigenvalue weighted by Gasteiger charge is -2.25. The fraction of sp³-hybridized carbons (Fsp3) is 0.975. The molecule has 49 heavy (non-hydrogen) atoms. The highest BCUT2D eigenvalue weighted by atomic mass is 31.2. The summed E-state index contributed by atoms with van der Waals surface area (Å²) in [7, 11) is -4.30. The predicted octanol–water partition coefficient (Wildman–Crippen LogP) is 11.4. The van der Waals surface area contributed by atoms with Gasteiger partial charge in [0.2, 0.25) is 5.91 Å². The summed E-state index contributed by atoms with van der Waals surface area (Å²) in [5.74, 6) is -0.160. The molecule has 3 atom stereocenters. The van der Waals surface area contributed by atoms with Crippen molar-refractivity contribution in [2.45, 2.75) is 231 Å². The van der Waals surface area contributed by atoms with Crippen LogP contribution in [0.3, 0.4) is 0 Å². The van der Waals surface area contributed by atoms with Gasteiger partial charge in [0, 0.05) is 13.0 Å². The fourth-order valence-electron chi connectivity index (χ4n) is 6.49. The van der Waals surface area contributed by atoms with Gasteiger partial charge in [-0.05, 0) is 12.8 Å². The molecule has 0 aromatic heterocycles. The summed E-state index contributed by atoms with van der Waals surface area (Å²) >= 11 is 0. The Morgan fingerprint density at radius 3 is 1.31 bits per heavy atom. The highest BCUT2D eigenvalue weighted by Gasteiger charge is 2.27. The van der Waals surface area contributed by atoms with E-state index in [2.05, 4.69) is 19.2 Å². The van der Waals surface area contributed by atoms with E-state index >= 15 is 0 Å². The third-order valence-corrected chi connectivity index (χ3v) is 10.7. The Hall–Kier alpha value is -0.500. The van der Waals surface area contributed by atoms with Crippen LogP contribution < -0.4 is 11.1 Å². The van der Waals surface area contributed by atoms with Crippen molar-refractivity contribution in [2.75, 3.05) is 19.8 Å². The number of carbonyl (C=O) groups is 1. The van der Waals surface area contributed by atoms with Crippen molar-refractivity contribution in [3.63, 3.8) is 0 Å². The van der Waals surface area contributed by atoms with E-state index in [9.17, 15) is 19.4 Å². The Morgan fingerprint density at radius 2 is 0.939 bits per heavy atom. The van der Waals surface area contributed by atoms with E-state index in [0.29, 0.717) is 12.8 Å². The van der Waals surface area contributed by atoms with Crippen LogP contribution in [-0.2, 0) is 18.4 Å². The second kappa shape index (κ2) is 37.3. The number of nitrogens with one attached hydrogen (secondary N) is 1. The van der Waals surface area contributed by atoms with Gasteiger partial charge in [0.05, 0.1) is 25.4 Å². The number of phosphoric acid groups is 1. The van der Waals surface area contributed by atoms with Crippen LogP contribution in [0.5, 0.6) is 0 Å². The van der Waals surface area contributed by atoms with Crippen LogP contribution in [0, 0.1) is 0 Å². The molecule has 9 heteroatoms. The molecule has 0 bridgehead atoms. The largest absolute Gasteiger partial charge is 0.472 e. The third-order valence-electron chi connectivity index (χ3n) is 9.71. The van der Waals surface area contributed by atoms with E-state index in [0.717, 1.165) is 38.5 Å². The second-order valence-corrected chi connectivity index (χ2v) is 16.0. The van der Waals surface area contributed by atoms with Gasteiger partial charge in [-0.15, -0.1) is 0 Å². The average Bonchev–Trinajstić information content (AvgIpc) is 3.09. The molecule has 1 amide bonds. The Labute approximate surface area is 303 Å². The molecule has 0 aliphatic carbocycles. The number of hydrogen-bond acceptors (Lipinski definition) is 6. The van der Waals surface area contributed by atoms with Gasteiger partial charge in [0.1, 0.15) is 0 Å². The van der Waals surface area contributed by atoms with Crippen LogP contribution >= 0.6 is 7.82 Å².